The second kappa shape index (κ2) is 10.1. The lowest BCUT2D eigenvalue weighted by molar-refractivity contribution is 0.660. The first-order valence-corrected chi connectivity index (χ1v) is 18.2. The fourth-order valence-electron chi connectivity index (χ4n) is 8.86. The molecule has 0 saturated heterocycles. The van der Waals surface area contributed by atoms with Crippen LogP contribution in [0.2, 0.25) is 0 Å². The monoisotopic (exact) mass is 656 g/mol. The van der Waals surface area contributed by atoms with Crippen molar-refractivity contribution in [3.63, 3.8) is 0 Å². The zero-order valence-electron chi connectivity index (χ0n) is 27.8. The summed E-state index contributed by atoms with van der Waals surface area (Å²) in [6, 6.07) is 58.5. The Kier molecular flexibility index (Phi) is 5.64. The number of anilines is 3. The Hall–Kier alpha value is -5.90. The van der Waals surface area contributed by atoms with E-state index in [-0.39, 0.29) is 5.41 Å². The van der Waals surface area contributed by atoms with Crippen molar-refractivity contribution in [2.45, 2.75) is 19.3 Å². The zero-order chi connectivity index (χ0) is 33.1. The lowest BCUT2D eigenvalue weighted by Crippen LogP contribution is -2.16. The number of nitrogens with zero attached hydrogens (tertiary/aromatic N) is 2. The van der Waals surface area contributed by atoms with E-state index in [2.05, 4.69) is 181 Å². The topological polar surface area (TPSA) is 7.65 Å². The quantitative estimate of drug-likeness (QED) is 0.184. The van der Waals surface area contributed by atoms with Gasteiger partial charge in [0.15, 0.2) is 0 Å². The van der Waals surface area contributed by atoms with Crippen LogP contribution >= 0.6 is 11.3 Å². The van der Waals surface area contributed by atoms with Gasteiger partial charge in [-0.25, -0.2) is 0 Å². The molecule has 236 valence electrons. The summed E-state index contributed by atoms with van der Waals surface area (Å²) in [5.74, 6) is 0. The van der Waals surface area contributed by atoms with Crippen molar-refractivity contribution < 1.29 is 0 Å². The van der Waals surface area contributed by atoms with Crippen molar-refractivity contribution in [3.05, 3.63) is 169 Å². The molecule has 3 aromatic heterocycles. The van der Waals surface area contributed by atoms with E-state index in [9.17, 15) is 0 Å². The molecule has 0 N–H and O–H groups in total. The van der Waals surface area contributed by atoms with E-state index in [0.717, 1.165) is 11.4 Å². The van der Waals surface area contributed by atoms with E-state index in [0.29, 0.717) is 0 Å². The number of rotatable bonds is 3. The molecular formula is C47H32N2S. The van der Waals surface area contributed by atoms with E-state index < -0.39 is 0 Å². The number of para-hydroxylation sites is 2. The van der Waals surface area contributed by atoms with Gasteiger partial charge in [-0.1, -0.05) is 117 Å². The third-order valence-corrected chi connectivity index (χ3v) is 12.3. The first-order chi connectivity index (χ1) is 24.6. The van der Waals surface area contributed by atoms with Crippen LogP contribution in [-0.4, -0.2) is 4.40 Å². The van der Waals surface area contributed by atoms with Crippen molar-refractivity contribution in [1.82, 2.24) is 4.40 Å². The highest BCUT2D eigenvalue weighted by molar-refractivity contribution is 7.27. The molecule has 0 saturated carbocycles. The highest BCUT2D eigenvalue weighted by Gasteiger charge is 2.35. The average Bonchev–Trinajstić information content (AvgIpc) is 3.76. The lowest BCUT2D eigenvalue weighted by atomic mass is 9.82. The molecule has 0 aliphatic heterocycles. The number of hydrogen-bond donors (Lipinski definition) is 0. The van der Waals surface area contributed by atoms with Crippen LogP contribution in [0.5, 0.6) is 0 Å². The summed E-state index contributed by atoms with van der Waals surface area (Å²) >= 11 is 1.91. The summed E-state index contributed by atoms with van der Waals surface area (Å²) in [4.78, 5) is 2.43. The van der Waals surface area contributed by atoms with Gasteiger partial charge in [0.05, 0.1) is 21.3 Å². The smallest absolute Gasteiger partial charge is 0.0734 e. The van der Waals surface area contributed by atoms with Crippen molar-refractivity contribution in [2.75, 3.05) is 4.90 Å². The molecule has 0 unspecified atom stereocenters. The van der Waals surface area contributed by atoms with Gasteiger partial charge in [-0.3, -0.25) is 0 Å². The molecule has 7 aromatic carbocycles. The maximum Gasteiger partial charge on any atom is 0.0734 e. The van der Waals surface area contributed by atoms with Gasteiger partial charge in [0.1, 0.15) is 0 Å². The molecule has 10 aromatic rings. The molecular weight excluding hydrogens is 625 g/mol. The van der Waals surface area contributed by atoms with Crippen LogP contribution in [0.4, 0.5) is 17.1 Å². The first-order valence-electron chi connectivity index (χ1n) is 17.4. The zero-order valence-corrected chi connectivity index (χ0v) is 28.6. The molecule has 0 atom stereocenters. The Balaban J connectivity index is 1.24. The summed E-state index contributed by atoms with van der Waals surface area (Å²) in [5.41, 5.74) is 12.6. The van der Waals surface area contributed by atoms with E-state index in [1.807, 2.05) is 11.3 Å². The molecule has 11 rings (SSSR count). The molecule has 1 aliphatic carbocycles. The molecule has 0 bridgehead atoms. The van der Waals surface area contributed by atoms with Gasteiger partial charge in [0.2, 0.25) is 0 Å². The number of hydrogen-bond acceptors (Lipinski definition) is 2. The highest BCUT2D eigenvalue weighted by Crippen LogP contribution is 2.51. The Morgan fingerprint density at radius 2 is 1.14 bits per heavy atom. The van der Waals surface area contributed by atoms with Gasteiger partial charge < -0.3 is 9.30 Å². The van der Waals surface area contributed by atoms with Gasteiger partial charge in [0.25, 0.3) is 0 Å². The average molecular weight is 657 g/mol. The van der Waals surface area contributed by atoms with Crippen LogP contribution in [0.3, 0.4) is 0 Å². The summed E-state index contributed by atoms with van der Waals surface area (Å²) in [6.45, 7) is 4.72. The standard InChI is InChI=1S/C47H32N2S/c1-47(2)39-20-10-8-17-34(39)35-25-23-30(27-40(35)47)48(29-13-4-3-5-14-29)31-24-26-38-42(28-31)49-41-21-11-9-18-36(41)32-15-6-7-16-33(32)37-19-12-22-43-44(37)45(49)46(38)50-43/h3-28H,1-2H3. The highest BCUT2D eigenvalue weighted by atomic mass is 32.1. The fraction of sp³-hybridized carbons (Fsp3) is 0.0638. The summed E-state index contributed by atoms with van der Waals surface area (Å²) < 4.78 is 5.22. The van der Waals surface area contributed by atoms with Gasteiger partial charge in [-0.05, 0) is 93.0 Å². The third-order valence-electron chi connectivity index (χ3n) is 11.1. The predicted octanol–water partition coefficient (Wildman–Crippen LogP) is 13.5. The van der Waals surface area contributed by atoms with Crippen molar-refractivity contribution in [3.8, 4) is 11.1 Å². The van der Waals surface area contributed by atoms with Crippen molar-refractivity contribution in [1.29, 1.82) is 0 Å². The van der Waals surface area contributed by atoms with Crippen LogP contribution in [0.15, 0.2) is 158 Å². The summed E-state index contributed by atoms with van der Waals surface area (Å²) in [7, 11) is 0. The minimum atomic E-state index is -0.0835. The van der Waals surface area contributed by atoms with Gasteiger partial charge in [-0.2, -0.15) is 0 Å². The second-order valence-corrected chi connectivity index (χ2v) is 15.2. The maximum atomic E-state index is 2.55. The van der Waals surface area contributed by atoms with Crippen LogP contribution in [0.1, 0.15) is 25.0 Å². The second-order valence-electron chi connectivity index (χ2n) is 14.1. The number of fused-ring (bicyclic) bond motifs is 11. The number of benzene rings is 7. The van der Waals surface area contributed by atoms with Crippen LogP contribution in [-0.2, 0) is 5.41 Å². The Labute approximate surface area is 294 Å². The largest absolute Gasteiger partial charge is 0.310 e. The van der Waals surface area contributed by atoms with Crippen LogP contribution in [0.25, 0.3) is 69.4 Å². The molecule has 2 nitrogen and oxygen atoms in total. The van der Waals surface area contributed by atoms with Crippen LogP contribution in [0, 0.1) is 0 Å². The number of aromatic nitrogens is 1. The van der Waals surface area contributed by atoms with Crippen molar-refractivity contribution >= 4 is 86.7 Å². The Morgan fingerprint density at radius 3 is 2.00 bits per heavy atom. The molecule has 1 aliphatic rings. The fourth-order valence-corrected chi connectivity index (χ4v) is 10.1. The predicted molar refractivity (Wildman–Crippen MR) is 215 cm³/mol. The molecule has 3 heterocycles. The van der Waals surface area contributed by atoms with Crippen molar-refractivity contribution in [2.24, 2.45) is 0 Å². The Bertz CT molecular complexity index is 3020. The van der Waals surface area contributed by atoms with Gasteiger partial charge in [0, 0.05) is 43.3 Å². The molecule has 0 spiro atoms. The summed E-state index contributed by atoms with van der Waals surface area (Å²) in [6.07, 6.45) is 0. The third kappa shape index (κ3) is 3.68. The van der Waals surface area contributed by atoms with E-state index in [1.165, 1.54) is 86.2 Å². The van der Waals surface area contributed by atoms with Crippen LogP contribution < -0.4 is 4.90 Å². The first kappa shape index (κ1) is 28.0. The van der Waals surface area contributed by atoms with Gasteiger partial charge >= 0.3 is 0 Å². The van der Waals surface area contributed by atoms with E-state index in [4.69, 9.17) is 0 Å². The SMILES string of the molecule is CC1(C)c2ccccc2-c2ccc(N(c3ccccc3)c3ccc4c5sc6cccc7c8ccccc8c8ccccc8n(c4c3)c5c67)cc21. The molecule has 0 fully saturated rings. The van der Waals surface area contributed by atoms with E-state index in [1.54, 1.807) is 0 Å². The maximum absolute atomic E-state index is 2.55. The minimum absolute atomic E-state index is 0.0835. The van der Waals surface area contributed by atoms with Gasteiger partial charge in [-0.15, -0.1) is 11.3 Å². The number of thiophene rings is 1. The Morgan fingerprint density at radius 1 is 0.480 bits per heavy atom. The minimum Gasteiger partial charge on any atom is -0.310 e. The molecule has 0 radical (unpaired) electrons. The van der Waals surface area contributed by atoms with E-state index >= 15 is 0 Å². The normalized spacial score (nSPS) is 13.6. The molecule has 0 amide bonds. The molecule has 3 heteroatoms. The lowest BCUT2D eigenvalue weighted by Gasteiger charge is -2.28. The summed E-state index contributed by atoms with van der Waals surface area (Å²) in [5, 5.41) is 7.74. The molecule has 50 heavy (non-hydrogen) atoms.